The van der Waals surface area contributed by atoms with Gasteiger partial charge in [0, 0.05) is 17.6 Å². The first kappa shape index (κ1) is 27.2. The molecule has 0 saturated carbocycles. The van der Waals surface area contributed by atoms with Crippen LogP contribution in [0.3, 0.4) is 0 Å². The van der Waals surface area contributed by atoms with E-state index in [4.69, 9.17) is 34.8 Å². The number of carbonyl (C=O) groups excluding carboxylic acids is 2. The van der Waals surface area contributed by atoms with Crippen molar-refractivity contribution in [3.05, 3.63) is 63.1 Å². The molecule has 0 heterocycles. The van der Waals surface area contributed by atoms with Gasteiger partial charge in [0.05, 0.1) is 22.0 Å². The van der Waals surface area contributed by atoms with E-state index in [1.807, 2.05) is 0 Å². The molecule has 2 amide bonds. The number of nitrogens with zero attached hydrogens (tertiary/aromatic N) is 2. The van der Waals surface area contributed by atoms with Gasteiger partial charge in [-0.3, -0.25) is 13.9 Å². The number of halogens is 3. The largest absolute Gasteiger partial charge is 0.352 e. The normalized spacial score (nSPS) is 12.4. The molecule has 2 aromatic rings. The van der Waals surface area contributed by atoms with Gasteiger partial charge in [-0.25, -0.2) is 8.42 Å². The van der Waals surface area contributed by atoms with E-state index >= 15 is 0 Å². The fourth-order valence-corrected chi connectivity index (χ4v) is 4.61. The van der Waals surface area contributed by atoms with Crippen LogP contribution in [0, 0.1) is 0 Å². The van der Waals surface area contributed by atoms with Crippen molar-refractivity contribution in [2.45, 2.75) is 39.4 Å². The lowest BCUT2D eigenvalue weighted by molar-refractivity contribution is -0.139. The molecule has 0 saturated heterocycles. The molecule has 0 bridgehead atoms. The quantitative estimate of drug-likeness (QED) is 0.518. The maximum absolute atomic E-state index is 13.4. The number of benzene rings is 2. The number of sulfonamides is 1. The molecule has 2 aromatic carbocycles. The SMILES string of the molecule is CC(C)NC(=O)[C@@H](C)N(Cc1cccc(Cl)c1)C(=O)CN(c1cccc(Cl)c1Cl)S(C)(=O)=O. The average molecular weight is 535 g/mol. The molecule has 0 aliphatic carbocycles. The summed E-state index contributed by atoms with van der Waals surface area (Å²) in [6, 6.07) is 10.4. The van der Waals surface area contributed by atoms with E-state index in [0.717, 1.165) is 10.6 Å². The van der Waals surface area contributed by atoms with Gasteiger partial charge in [-0.2, -0.15) is 0 Å². The van der Waals surface area contributed by atoms with Gasteiger partial charge >= 0.3 is 0 Å². The first-order chi connectivity index (χ1) is 15.3. The lowest BCUT2D eigenvalue weighted by atomic mass is 10.1. The van der Waals surface area contributed by atoms with Crippen LogP contribution in [0.5, 0.6) is 0 Å². The highest BCUT2D eigenvalue weighted by Gasteiger charge is 2.31. The summed E-state index contributed by atoms with van der Waals surface area (Å²) >= 11 is 18.4. The molecule has 2 rings (SSSR count). The van der Waals surface area contributed by atoms with Crippen molar-refractivity contribution in [2.24, 2.45) is 0 Å². The summed E-state index contributed by atoms with van der Waals surface area (Å²) in [7, 11) is -3.91. The molecule has 180 valence electrons. The summed E-state index contributed by atoms with van der Waals surface area (Å²) in [5, 5.41) is 3.41. The minimum Gasteiger partial charge on any atom is -0.352 e. The van der Waals surface area contributed by atoms with E-state index in [-0.39, 0.29) is 34.2 Å². The third kappa shape index (κ3) is 7.50. The Hall–Kier alpha value is -2.00. The van der Waals surface area contributed by atoms with E-state index < -0.39 is 28.5 Å². The van der Waals surface area contributed by atoms with Crippen LogP contribution < -0.4 is 9.62 Å². The third-order valence-electron chi connectivity index (χ3n) is 4.72. The molecule has 0 radical (unpaired) electrons. The maximum Gasteiger partial charge on any atom is 0.244 e. The molecule has 11 heteroatoms. The highest BCUT2D eigenvalue weighted by molar-refractivity contribution is 7.92. The Balaban J connectivity index is 2.44. The zero-order chi connectivity index (χ0) is 24.9. The number of nitrogens with one attached hydrogen (secondary N) is 1. The zero-order valence-corrected chi connectivity index (χ0v) is 21.8. The van der Waals surface area contributed by atoms with Crippen LogP contribution >= 0.6 is 34.8 Å². The molecule has 0 spiro atoms. The topological polar surface area (TPSA) is 86.8 Å². The van der Waals surface area contributed by atoms with Gasteiger partial charge in [0.25, 0.3) is 0 Å². The number of hydrogen-bond donors (Lipinski definition) is 1. The van der Waals surface area contributed by atoms with Gasteiger partial charge in [0.1, 0.15) is 12.6 Å². The predicted octanol–water partition coefficient (Wildman–Crippen LogP) is 4.35. The van der Waals surface area contributed by atoms with Crippen LogP contribution in [0.15, 0.2) is 42.5 Å². The molecule has 33 heavy (non-hydrogen) atoms. The van der Waals surface area contributed by atoms with Crippen LogP contribution in [0.2, 0.25) is 15.1 Å². The minimum absolute atomic E-state index is 0.00406. The van der Waals surface area contributed by atoms with Gasteiger partial charge in [-0.15, -0.1) is 0 Å². The van der Waals surface area contributed by atoms with Gasteiger partial charge in [-0.1, -0.05) is 53.0 Å². The molecule has 0 unspecified atom stereocenters. The molecule has 0 fully saturated rings. The first-order valence-electron chi connectivity index (χ1n) is 10.1. The zero-order valence-electron chi connectivity index (χ0n) is 18.7. The summed E-state index contributed by atoms with van der Waals surface area (Å²) < 4.78 is 26.0. The monoisotopic (exact) mass is 533 g/mol. The Kier molecular flexibility index (Phi) is 9.43. The number of carbonyl (C=O) groups is 2. The molecule has 0 aromatic heterocycles. The van der Waals surface area contributed by atoms with E-state index in [1.54, 1.807) is 45.0 Å². The van der Waals surface area contributed by atoms with Gasteiger partial charge in [0.2, 0.25) is 21.8 Å². The van der Waals surface area contributed by atoms with Crippen molar-refractivity contribution in [1.82, 2.24) is 10.2 Å². The molecule has 7 nitrogen and oxygen atoms in total. The van der Waals surface area contributed by atoms with Crippen LogP contribution in [0.1, 0.15) is 26.3 Å². The highest BCUT2D eigenvalue weighted by Crippen LogP contribution is 2.33. The van der Waals surface area contributed by atoms with Crippen LogP contribution in [-0.4, -0.2) is 50.0 Å². The Morgan fingerprint density at radius 2 is 1.67 bits per heavy atom. The van der Waals surface area contributed by atoms with Crippen molar-refractivity contribution in [1.29, 1.82) is 0 Å². The van der Waals surface area contributed by atoms with Crippen molar-refractivity contribution >= 4 is 62.3 Å². The molecular weight excluding hydrogens is 509 g/mol. The number of amides is 2. The lowest BCUT2D eigenvalue weighted by Crippen LogP contribution is -2.52. The Labute approximate surface area is 209 Å². The van der Waals surface area contributed by atoms with Crippen LogP contribution in [-0.2, 0) is 26.2 Å². The highest BCUT2D eigenvalue weighted by atomic mass is 35.5. The van der Waals surface area contributed by atoms with Gasteiger partial charge in [-0.05, 0) is 50.6 Å². The maximum atomic E-state index is 13.4. The summed E-state index contributed by atoms with van der Waals surface area (Å²) in [4.78, 5) is 27.4. The smallest absolute Gasteiger partial charge is 0.244 e. The molecule has 0 aliphatic heterocycles. The fourth-order valence-electron chi connectivity index (χ4n) is 3.10. The second-order valence-corrected chi connectivity index (χ2v) is 11.0. The Bertz CT molecular complexity index is 1130. The average Bonchev–Trinajstić information content (AvgIpc) is 2.70. The summed E-state index contributed by atoms with van der Waals surface area (Å²) in [6.45, 7) is 4.67. The fraction of sp³-hybridized carbons (Fsp3) is 0.364. The van der Waals surface area contributed by atoms with E-state index in [2.05, 4.69) is 5.32 Å². The van der Waals surface area contributed by atoms with E-state index in [9.17, 15) is 18.0 Å². The molecule has 1 N–H and O–H groups in total. The van der Waals surface area contributed by atoms with E-state index in [0.29, 0.717) is 10.6 Å². The molecular formula is C22H26Cl3N3O4S. The van der Waals surface area contributed by atoms with Crippen molar-refractivity contribution < 1.29 is 18.0 Å². The van der Waals surface area contributed by atoms with Crippen LogP contribution in [0.4, 0.5) is 5.69 Å². The van der Waals surface area contributed by atoms with Crippen molar-refractivity contribution in [2.75, 3.05) is 17.1 Å². The van der Waals surface area contributed by atoms with Gasteiger partial charge in [0.15, 0.2) is 0 Å². The van der Waals surface area contributed by atoms with Crippen LogP contribution in [0.25, 0.3) is 0 Å². The predicted molar refractivity (Wildman–Crippen MR) is 133 cm³/mol. The number of anilines is 1. The van der Waals surface area contributed by atoms with Crippen molar-refractivity contribution in [3.8, 4) is 0 Å². The lowest BCUT2D eigenvalue weighted by Gasteiger charge is -2.32. The second-order valence-electron chi connectivity index (χ2n) is 7.83. The van der Waals surface area contributed by atoms with E-state index in [1.165, 1.54) is 23.1 Å². The second kappa shape index (κ2) is 11.4. The number of rotatable bonds is 9. The Morgan fingerprint density at radius 1 is 1.03 bits per heavy atom. The van der Waals surface area contributed by atoms with Crippen molar-refractivity contribution in [3.63, 3.8) is 0 Å². The Morgan fingerprint density at radius 3 is 2.24 bits per heavy atom. The molecule has 1 atom stereocenters. The minimum atomic E-state index is -3.91. The number of hydrogen-bond acceptors (Lipinski definition) is 4. The summed E-state index contributed by atoms with van der Waals surface area (Å²) in [5.41, 5.74) is 0.758. The summed E-state index contributed by atoms with van der Waals surface area (Å²) in [5.74, 6) is -0.963. The first-order valence-corrected chi connectivity index (χ1v) is 13.1. The third-order valence-corrected chi connectivity index (χ3v) is 6.89. The van der Waals surface area contributed by atoms with Gasteiger partial charge < -0.3 is 10.2 Å². The standard InChI is InChI=1S/C22H26Cl3N3O4S/c1-14(2)26-22(30)15(3)27(12-16-7-5-8-17(23)11-16)20(29)13-28(33(4,31)32)19-10-6-9-18(24)21(19)25/h5-11,14-15H,12-13H2,1-4H3,(H,26,30)/t15-/m1/s1. The molecule has 0 aliphatic rings. The summed E-state index contributed by atoms with van der Waals surface area (Å²) in [6.07, 6.45) is 0.966.